The first-order chi connectivity index (χ1) is 18.0. The molecule has 2 saturated heterocycles. The van der Waals surface area contributed by atoms with Crippen LogP contribution in [-0.4, -0.2) is 44.2 Å². The molecule has 3 aromatic carbocycles. The Morgan fingerprint density at radius 2 is 1.62 bits per heavy atom. The first-order valence-electron chi connectivity index (χ1n) is 12.9. The second-order valence-electron chi connectivity index (χ2n) is 9.76. The van der Waals surface area contributed by atoms with Crippen molar-refractivity contribution < 1.29 is 23.0 Å². The molecular weight excluding hydrogens is 488 g/mol. The minimum atomic E-state index is -3.71. The zero-order chi connectivity index (χ0) is 25.7. The van der Waals surface area contributed by atoms with E-state index in [1.807, 2.05) is 36.4 Å². The van der Waals surface area contributed by atoms with Crippen LogP contribution >= 0.6 is 0 Å². The maximum Gasteiger partial charge on any atom is 0.261 e. The van der Waals surface area contributed by atoms with Crippen LogP contribution in [0.2, 0.25) is 0 Å². The number of hydrogen-bond acceptors (Lipinski definition) is 6. The molecule has 7 nitrogen and oxygen atoms in total. The van der Waals surface area contributed by atoms with Crippen molar-refractivity contribution in [1.29, 1.82) is 0 Å². The van der Waals surface area contributed by atoms with Crippen LogP contribution in [0.4, 0.5) is 5.69 Å². The van der Waals surface area contributed by atoms with Crippen molar-refractivity contribution in [3.63, 3.8) is 0 Å². The number of nitrogens with zero attached hydrogens (tertiary/aromatic N) is 1. The van der Waals surface area contributed by atoms with Crippen molar-refractivity contribution in [2.45, 2.75) is 55.7 Å². The van der Waals surface area contributed by atoms with Crippen LogP contribution in [-0.2, 0) is 26.1 Å². The molecule has 0 amide bonds. The third-order valence-corrected chi connectivity index (χ3v) is 8.39. The molecule has 2 fully saturated rings. The Kier molecular flexibility index (Phi) is 8.22. The van der Waals surface area contributed by atoms with Gasteiger partial charge in [0.2, 0.25) is 0 Å². The number of benzene rings is 3. The highest BCUT2D eigenvalue weighted by molar-refractivity contribution is 7.92. The molecule has 3 atom stereocenters. The number of anilines is 1. The maximum atomic E-state index is 12.9. The van der Waals surface area contributed by atoms with Crippen LogP contribution in [0, 0.1) is 0 Å². The van der Waals surface area contributed by atoms with Crippen LogP contribution in [0.3, 0.4) is 0 Å². The summed E-state index contributed by atoms with van der Waals surface area (Å²) in [6, 6.07) is 23.4. The van der Waals surface area contributed by atoms with Crippen LogP contribution in [0.25, 0.3) is 0 Å². The van der Waals surface area contributed by atoms with Crippen molar-refractivity contribution in [1.82, 2.24) is 4.90 Å². The fourth-order valence-corrected chi connectivity index (χ4v) is 6.10. The molecule has 5 rings (SSSR count). The third-order valence-electron chi connectivity index (χ3n) is 6.99. The van der Waals surface area contributed by atoms with E-state index >= 15 is 0 Å². The number of likely N-dealkylation sites (tertiary alicyclic amines) is 1. The third kappa shape index (κ3) is 6.58. The number of sulfonamides is 1. The summed E-state index contributed by atoms with van der Waals surface area (Å²) in [5, 5.41) is 9.43. The van der Waals surface area contributed by atoms with Gasteiger partial charge in [-0.1, -0.05) is 61.0 Å². The number of nitrogens with one attached hydrogen (secondary N) is 1. The fourth-order valence-electron chi connectivity index (χ4n) is 5.03. The molecule has 0 aliphatic carbocycles. The summed E-state index contributed by atoms with van der Waals surface area (Å²) in [5.74, 6) is 0. The van der Waals surface area contributed by atoms with Gasteiger partial charge < -0.3 is 19.5 Å². The molecule has 196 valence electrons. The number of ether oxygens (including phenoxy) is 2. The topological polar surface area (TPSA) is 88.1 Å². The van der Waals surface area contributed by atoms with E-state index in [0.717, 1.165) is 42.7 Å². The summed E-state index contributed by atoms with van der Waals surface area (Å²) in [6.45, 7) is 3.00. The molecule has 2 aliphatic rings. The van der Waals surface area contributed by atoms with Gasteiger partial charge in [0.05, 0.1) is 23.7 Å². The van der Waals surface area contributed by atoms with Gasteiger partial charge in [-0.05, 0) is 61.3 Å². The number of hydrogen-bond donors (Lipinski definition) is 2. The molecule has 0 spiro atoms. The van der Waals surface area contributed by atoms with Gasteiger partial charge in [-0.25, -0.2) is 8.42 Å². The number of aliphatic hydroxyl groups is 1. The van der Waals surface area contributed by atoms with E-state index in [0.29, 0.717) is 5.69 Å². The Morgan fingerprint density at radius 3 is 2.35 bits per heavy atom. The van der Waals surface area contributed by atoms with Gasteiger partial charge in [-0.2, -0.15) is 0 Å². The largest absolute Gasteiger partial charge is 0.392 e. The van der Waals surface area contributed by atoms with Crippen LogP contribution in [0.1, 0.15) is 54.8 Å². The molecule has 2 heterocycles. The number of piperidine rings is 1. The molecule has 8 heteroatoms. The number of rotatable bonds is 8. The highest BCUT2D eigenvalue weighted by atomic mass is 32.2. The normalized spacial score (nSPS) is 23.0. The zero-order valence-electron chi connectivity index (χ0n) is 20.8. The molecular formula is C29H34N2O5S. The highest BCUT2D eigenvalue weighted by Gasteiger charge is 2.33. The van der Waals surface area contributed by atoms with Gasteiger partial charge in [0.15, 0.2) is 6.29 Å². The predicted molar refractivity (Wildman–Crippen MR) is 142 cm³/mol. The number of aliphatic hydroxyl groups excluding tert-OH is 1. The van der Waals surface area contributed by atoms with E-state index < -0.39 is 16.3 Å². The van der Waals surface area contributed by atoms with E-state index in [-0.39, 0.29) is 23.7 Å². The second kappa shape index (κ2) is 11.8. The zero-order valence-corrected chi connectivity index (χ0v) is 21.6. The predicted octanol–water partition coefficient (Wildman–Crippen LogP) is 5.01. The standard InChI is InChI=1S/C29H34N2O5S/c32-21-22-12-14-23(15-13-22)28-19-26(20-31-16-5-2-6-17-31)35-29(36-28)24-8-7-9-25(18-24)30-37(33,34)27-10-3-1-4-11-27/h1,3-4,7-15,18,26,28-30,32H,2,5-6,16-17,19-21H2/t26-,28+,29+/m0/s1. The lowest BCUT2D eigenvalue weighted by atomic mass is 9.99. The molecule has 2 N–H and O–H groups in total. The fraction of sp³-hybridized carbons (Fsp3) is 0.379. The van der Waals surface area contributed by atoms with Gasteiger partial charge in [-0.15, -0.1) is 0 Å². The summed E-state index contributed by atoms with van der Waals surface area (Å²) in [7, 11) is -3.71. The van der Waals surface area contributed by atoms with Gasteiger partial charge in [-0.3, -0.25) is 4.72 Å². The molecule has 0 unspecified atom stereocenters. The molecule has 0 bridgehead atoms. The molecule has 0 aromatic heterocycles. The Bertz CT molecular complexity index is 1260. The van der Waals surface area contributed by atoms with E-state index in [1.54, 1.807) is 42.5 Å². The molecule has 0 radical (unpaired) electrons. The first-order valence-corrected chi connectivity index (χ1v) is 14.4. The molecule has 0 saturated carbocycles. The van der Waals surface area contributed by atoms with E-state index in [2.05, 4.69) is 9.62 Å². The van der Waals surface area contributed by atoms with Crippen LogP contribution in [0.15, 0.2) is 83.8 Å². The summed E-state index contributed by atoms with van der Waals surface area (Å²) in [5.41, 5.74) is 3.11. The molecule has 37 heavy (non-hydrogen) atoms. The van der Waals surface area contributed by atoms with Crippen LogP contribution < -0.4 is 4.72 Å². The average Bonchev–Trinajstić information content (AvgIpc) is 2.94. The Hall–Kier alpha value is -2.75. The smallest absolute Gasteiger partial charge is 0.261 e. The van der Waals surface area contributed by atoms with Gasteiger partial charge >= 0.3 is 0 Å². The minimum Gasteiger partial charge on any atom is -0.392 e. The van der Waals surface area contributed by atoms with Gasteiger partial charge in [0, 0.05) is 24.2 Å². The van der Waals surface area contributed by atoms with Crippen molar-refractivity contribution >= 4 is 15.7 Å². The molecule has 2 aliphatic heterocycles. The lowest BCUT2D eigenvalue weighted by Crippen LogP contribution is -2.41. The van der Waals surface area contributed by atoms with Gasteiger partial charge in [0.1, 0.15) is 0 Å². The summed E-state index contributed by atoms with van der Waals surface area (Å²) >= 11 is 0. The van der Waals surface area contributed by atoms with Crippen LogP contribution in [0.5, 0.6) is 0 Å². The Balaban J connectivity index is 1.37. The second-order valence-corrected chi connectivity index (χ2v) is 11.4. The summed E-state index contributed by atoms with van der Waals surface area (Å²) < 4.78 is 41.3. The monoisotopic (exact) mass is 522 g/mol. The van der Waals surface area contributed by atoms with E-state index in [4.69, 9.17) is 9.47 Å². The molecule has 3 aromatic rings. The lowest BCUT2D eigenvalue weighted by molar-refractivity contribution is -0.253. The highest BCUT2D eigenvalue weighted by Crippen LogP contribution is 2.39. The lowest BCUT2D eigenvalue weighted by Gasteiger charge is -2.39. The van der Waals surface area contributed by atoms with Crippen molar-refractivity contribution in [3.05, 3.63) is 95.6 Å². The van der Waals surface area contributed by atoms with Gasteiger partial charge in [0.25, 0.3) is 10.0 Å². The minimum absolute atomic E-state index is 0.000800. The Labute approximate surface area is 219 Å². The maximum absolute atomic E-state index is 12.9. The average molecular weight is 523 g/mol. The van der Waals surface area contributed by atoms with Crippen molar-refractivity contribution in [3.8, 4) is 0 Å². The van der Waals surface area contributed by atoms with Crippen molar-refractivity contribution in [2.75, 3.05) is 24.4 Å². The van der Waals surface area contributed by atoms with Crippen molar-refractivity contribution in [2.24, 2.45) is 0 Å². The first kappa shape index (κ1) is 25.9. The quantitative estimate of drug-likeness (QED) is 0.432. The Morgan fingerprint density at radius 1 is 0.865 bits per heavy atom. The SMILES string of the molecule is O=S(=O)(Nc1cccc([C@@H]2O[C@H](CN3CCCCC3)C[C@H](c3ccc(CO)cc3)O2)c1)c1ccccc1. The van der Waals surface area contributed by atoms with E-state index in [1.165, 1.54) is 19.3 Å². The van der Waals surface area contributed by atoms with E-state index in [9.17, 15) is 13.5 Å². The summed E-state index contributed by atoms with van der Waals surface area (Å²) in [6.07, 6.45) is 3.59. The summed E-state index contributed by atoms with van der Waals surface area (Å²) in [4.78, 5) is 2.67.